The molecule has 6 nitrogen and oxygen atoms in total. The summed E-state index contributed by atoms with van der Waals surface area (Å²) < 4.78 is 19.5. The van der Waals surface area contributed by atoms with E-state index < -0.39 is 17.3 Å². The van der Waals surface area contributed by atoms with Crippen molar-refractivity contribution in [1.29, 1.82) is 0 Å². The molecule has 0 bridgehead atoms. The van der Waals surface area contributed by atoms with Gasteiger partial charge in [-0.05, 0) is 42.9 Å². The summed E-state index contributed by atoms with van der Waals surface area (Å²) in [5.74, 6) is -1.05. The van der Waals surface area contributed by atoms with Crippen LogP contribution in [0.2, 0.25) is 0 Å². The van der Waals surface area contributed by atoms with Crippen molar-refractivity contribution >= 4 is 29.2 Å². The van der Waals surface area contributed by atoms with Crippen molar-refractivity contribution in [1.82, 2.24) is 14.5 Å². The van der Waals surface area contributed by atoms with Crippen molar-refractivity contribution in [3.05, 3.63) is 68.1 Å². The normalized spacial score (nSPS) is 10.8. The van der Waals surface area contributed by atoms with Crippen molar-refractivity contribution < 1.29 is 13.9 Å². The summed E-state index contributed by atoms with van der Waals surface area (Å²) in [4.78, 5) is 32.1. The minimum atomic E-state index is -0.643. The van der Waals surface area contributed by atoms with Crippen LogP contribution in [0.25, 0.3) is 11.0 Å². The quantitative estimate of drug-likeness (QED) is 0.575. The first-order valence-electron chi connectivity index (χ1n) is 7.38. The largest absolute Gasteiger partial charge is 0.465 e. The molecule has 2 aromatic heterocycles. The number of esters is 1. The monoisotopic (exact) mass is 359 g/mol. The molecular weight excluding hydrogens is 345 g/mol. The minimum Gasteiger partial charge on any atom is -0.465 e. The van der Waals surface area contributed by atoms with Crippen LogP contribution >= 0.6 is 12.2 Å². The Hall–Kier alpha value is -2.87. The summed E-state index contributed by atoms with van der Waals surface area (Å²) in [6.45, 7) is 1.76. The van der Waals surface area contributed by atoms with E-state index in [0.717, 1.165) is 0 Å². The number of benzene rings is 1. The number of methoxy groups -OCH3 is 1. The van der Waals surface area contributed by atoms with E-state index in [1.165, 1.54) is 29.9 Å². The first-order chi connectivity index (χ1) is 11.9. The van der Waals surface area contributed by atoms with E-state index in [1.54, 1.807) is 19.1 Å². The number of rotatable bonds is 3. The topological polar surface area (TPSA) is 77.0 Å². The van der Waals surface area contributed by atoms with Gasteiger partial charge in [-0.2, -0.15) is 0 Å². The molecule has 0 unspecified atom stereocenters. The third-order valence-corrected chi connectivity index (χ3v) is 4.03. The molecule has 0 aliphatic heterocycles. The molecule has 0 fully saturated rings. The molecular formula is C17H14FN3O3S. The molecule has 8 heteroatoms. The van der Waals surface area contributed by atoms with Crippen molar-refractivity contribution in [2.75, 3.05) is 7.11 Å². The van der Waals surface area contributed by atoms with E-state index in [0.29, 0.717) is 11.3 Å². The highest BCUT2D eigenvalue weighted by molar-refractivity contribution is 7.71. The molecule has 0 aliphatic carbocycles. The number of hydrogen-bond acceptors (Lipinski definition) is 5. The van der Waals surface area contributed by atoms with E-state index >= 15 is 0 Å². The fraction of sp³-hybridized carbons (Fsp3) is 0.176. The van der Waals surface area contributed by atoms with Gasteiger partial charge in [0.25, 0.3) is 5.56 Å². The standard InChI is InChI=1S/C17H14FN3O3S/c1-9-6-12(16(23)24-2)13-14(19-9)20-17(25)21(15(13)22)8-10-4-3-5-11(18)7-10/h3-7H,8H2,1-2H3,(H,19,20,25). The Morgan fingerprint density at radius 1 is 1.40 bits per heavy atom. The van der Waals surface area contributed by atoms with Crippen molar-refractivity contribution in [2.24, 2.45) is 0 Å². The molecule has 0 atom stereocenters. The van der Waals surface area contributed by atoms with E-state index in [1.807, 2.05) is 0 Å². The highest BCUT2D eigenvalue weighted by atomic mass is 32.1. The number of ether oxygens (including phenoxy) is 1. The number of carbonyl (C=O) groups is 1. The Labute approximate surface area is 146 Å². The summed E-state index contributed by atoms with van der Waals surface area (Å²) in [7, 11) is 1.24. The van der Waals surface area contributed by atoms with Crippen LogP contribution in [0.3, 0.4) is 0 Å². The summed E-state index contributed by atoms with van der Waals surface area (Å²) in [5.41, 5.74) is 0.942. The predicted molar refractivity (Wildman–Crippen MR) is 92.8 cm³/mol. The molecule has 0 spiro atoms. The Morgan fingerprint density at radius 2 is 2.16 bits per heavy atom. The number of pyridine rings is 1. The fourth-order valence-electron chi connectivity index (χ4n) is 2.61. The predicted octanol–water partition coefficient (Wildman–Crippen LogP) is 2.74. The Balaban J connectivity index is 2.27. The first kappa shape index (κ1) is 17.0. The van der Waals surface area contributed by atoms with Crippen molar-refractivity contribution in [2.45, 2.75) is 13.5 Å². The number of nitrogens with one attached hydrogen (secondary N) is 1. The third kappa shape index (κ3) is 3.20. The molecule has 0 saturated carbocycles. The van der Waals surface area contributed by atoms with Gasteiger partial charge in [0.15, 0.2) is 4.77 Å². The van der Waals surface area contributed by atoms with E-state index in [9.17, 15) is 14.0 Å². The Bertz CT molecular complexity index is 1100. The van der Waals surface area contributed by atoms with Crippen LogP contribution in [-0.2, 0) is 11.3 Å². The summed E-state index contributed by atoms with van der Waals surface area (Å²) >= 11 is 5.24. The van der Waals surface area contributed by atoms with Crippen LogP contribution in [0.1, 0.15) is 21.6 Å². The summed E-state index contributed by atoms with van der Waals surface area (Å²) in [5, 5.41) is 0.0856. The summed E-state index contributed by atoms with van der Waals surface area (Å²) in [6, 6.07) is 7.35. The van der Waals surface area contributed by atoms with Gasteiger partial charge in [0.05, 0.1) is 24.6 Å². The first-order valence-corrected chi connectivity index (χ1v) is 7.78. The zero-order valence-electron chi connectivity index (χ0n) is 13.5. The third-order valence-electron chi connectivity index (χ3n) is 3.71. The molecule has 25 heavy (non-hydrogen) atoms. The van der Waals surface area contributed by atoms with Gasteiger partial charge >= 0.3 is 5.97 Å². The van der Waals surface area contributed by atoms with Crippen LogP contribution in [0.5, 0.6) is 0 Å². The lowest BCUT2D eigenvalue weighted by Crippen LogP contribution is -2.25. The second-order valence-corrected chi connectivity index (χ2v) is 5.86. The number of nitrogens with zero attached hydrogens (tertiary/aromatic N) is 2. The van der Waals surface area contributed by atoms with Gasteiger partial charge in [-0.25, -0.2) is 14.2 Å². The highest BCUT2D eigenvalue weighted by Gasteiger charge is 2.18. The molecule has 0 saturated heterocycles. The maximum absolute atomic E-state index is 13.4. The van der Waals surface area contributed by atoms with E-state index in [-0.39, 0.29) is 27.9 Å². The van der Waals surface area contributed by atoms with Crippen LogP contribution < -0.4 is 5.56 Å². The number of fused-ring (bicyclic) bond motifs is 1. The Kier molecular flexibility index (Phi) is 4.45. The molecule has 0 amide bonds. The molecule has 3 aromatic rings. The number of aromatic nitrogens is 3. The van der Waals surface area contributed by atoms with Gasteiger partial charge in [0.2, 0.25) is 0 Å². The highest BCUT2D eigenvalue weighted by Crippen LogP contribution is 2.15. The van der Waals surface area contributed by atoms with Gasteiger partial charge in [-0.15, -0.1) is 0 Å². The van der Waals surface area contributed by atoms with Gasteiger partial charge in [0.1, 0.15) is 11.5 Å². The summed E-state index contributed by atoms with van der Waals surface area (Å²) in [6.07, 6.45) is 0. The average molecular weight is 359 g/mol. The molecule has 0 aliphatic rings. The molecule has 0 radical (unpaired) electrons. The van der Waals surface area contributed by atoms with E-state index in [4.69, 9.17) is 17.0 Å². The maximum atomic E-state index is 13.4. The van der Waals surface area contributed by atoms with E-state index in [2.05, 4.69) is 9.97 Å². The Morgan fingerprint density at radius 3 is 2.84 bits per heavy atom. The van der Waals surface area contributed by atoms with Crippen molar-refractivity contribution in [3.8, 4) is 0 Å². The lowest BCUT2D eigenvalue weighted by Gasteiger charge is -2.11. The van der Waals surface area contributed by atoms with Gasteiger partial charge in [-0.3, -0.25) is 9.36 Å². The van der Waals surface area contributed by atoms with Gasteiger partial charge in [0, 0.05) is 5.69 Å². The number of H-pyrrole nitrogens is 1. The number of aromatic amines is 1. The lowest BCUT2D eigenvalue weighted by atomic mass is 10.1. The second kappa shape index (κ2) is 6.56. The van der Waals surface area contributed by atoms with Crippen LogP contribution in [0.15, 0.2) is 35.1 Å². The number of carbonyl (C=O) groups excluding carboxylic acids is 1. The number of hydrogen-bond donors (Lipinski definition) is 1. The van der Waals surface area contributed by atoms with Gasteiger partial charge < -0.3 is 9.72 Å². The SMILES string of the molecule is COC(=O)c1cc(C)nc2[nH]c(=S)n(Cc3cccc(F)c3)c(=O)c12. The zero-order chi connectivity index (χ0) is 18.1. The van der Waals surface area contributed by atoms with Crippen LogP contribution in [-0.4, -0.2) is 27.6 Å². The fourth-order valence-corrected chi connectivity index (χ4v) is 2.85. The second-order valence-electron chi connectivity index (χ2n) is 5.48. The van der Waals surface area contributed by atoms with Gasteiger partial charge in [-0.1, -0.05) is 12.1 Å². The minimum absolute atomic E-state index is 0.0658. The van der Waals surface area contributed by atoms with Crippen LogP contribution in [0, 0.1) is 17.5 Å². The lowest BCUT2D eigenvalue weighted by molar-refractivity contribution is 0.0602. The van der Waals surface area contributed by atoms with Crippen LogP contribution in [0.4, 0.5) is 4.39 Å². The smallest absolute Gasteiger partial charge is 0.338 e. The molecule has 2 heterocycles. The average Bonchev–Trinajstić information content (AvgIpc) is 2.57. The number of aryl methyl sites for hydroxylation is 1. The molecule has 1 aromatic carbocycles. The molecule has 128 valence electrons. The maximum Gasteiger partial charge on any atom is 0.338 e. The molecule has 1 N–H and O–H groups in total. The van der Waals surface area contributed by atoms with Crippen molar-refractivity contribution in [3.63, 3.8) is 0 Å². The molecule has 3 rings (SSSR count). The number of halogens is 1. The zero-order valence-corrected chi connectivity index (χ0v) is 14.3.